The van der Waals surface area contributed by atoms with Gasteiger partial charge in [0.25, 0.3) is 0 Å². The molecule has 4 nitrogen and oxygen atoms in total. The summed E-state index contributed by atoms with van der Waals surface area (Å²) in [5.74, 6) is -0.0353. The maximum absolute atomic E-state index is 13.4. The summed E-state index contributed by atoms with van der Waals surface area (Å²) in [5, 5.41) is 5.97. The molecule has 150 valence electrons. The van der Waals surface area contributed by atoms with E-state index in [1.165, 1.54) is 0 Å². The largest absolute Gasteiger partial charge is 0.416 e. The summed E-state index contributed by atoms with van der Waals surface area (Å²) in [6, 6.07) is 1.37. The van der Waals surface area contributed by atoms with Gasteiger partial charge in [0.1, 0.15) is 5.69 Å². The lowest BCUT2D eigenvalue weighted by Gasteiger charge is -2.13. The zero-order valence-electron chi connectivity index (χ0n) is 13.7. The Morgan fingerprint density at radius 1 is 1.15 bits per heavy atom. The van der Waals surface area contributed by atoms with E-state index in [2.05, 4.69) is 22.1 Å². The molecule has 2 rings (SSSR count). The molecule has 0 bridgehead atoms. The lowest BCUT2D eigenvalue weighted by Crippen LogP contribution is -2.07. The van der Waals surface area contributed by atoms with Crippen molar-refractivity contribution in [1.29, 1.82) is 0 Å². The van der Waals surface area contributed by atoms with Crippen LogP contribution in [0.25, 0.3) is 5.69 Å². The molecule has 1 heterocycles. The Balaban J connectivity index is 0.00000114. The summed E-state index contributed by atoms with van der Waals surface area (Å²) in [6.07, 6.45) is -3.47. The molecule has 0 saturated heterocycles. The summed E-state index contributed by atoms with van der Waals surface area (Å²) < 4.78 is 50.0. The van der Waals surface area contributed by atoms with Crippen LogP contribution >= 0.6 is 58.2 Å². The third-order valence-electron chi connectivity index (χ3n) is 2.64. The molecule has 0 fully saturated rings. The Morgan fingerprint density at radius 2 is 1.63 bits per heavy atom. The van der Waals surface area contributed by atoms with E-state index in [1.807, 2.05) is 14.1 Å². The maximum Gasteiger partial charge on any atom is 0.416 e. The van der Waals surface area contributed by atoms with Crippen molar-refractivity contribution in [2.45, 2.75) is 15.0 Å². The molecule has 0 spiro atoms. The third kappa shape index (κ3) is 6.69. The van der Waals surface area contributed by atoms with Gasteiger partial charge in [-0.3, -0.25) is 0 Å². The van der Waals surface area contributed by atoms with Crippen molar-refractivity contribution in [3.05, 3.63) is 33.9 Å². The van der Waals surface area contributed by atoms with Gasteiger partial charge in [0.15, 0.2) is 5.82 Å². The van der Waals surface area contributed by atoms with Gasteiger partial charge in [-0.05, 0) is 44.7 Å². The molecule has 0 atom stereocenters. The van der Waals surface area contributed by atoms with E-state index in [0.29, 0.717) is 23.9 Å². The fourth-order valence-electron chi connectivity index (χ4n) is 1.76. The highest BCUT2D eigenvalue weighted by Gasteiger charge is 2.33. The smallest absolute Gasteiger partial charge is 0.323 e. The quantitative estimate of drug-likeness (QED) is 0.232. The van der Waals surface area contributed by atoms with E-state index in [1.54, 1.807) is 0 Å². The van der Waals surface area contributed by atoms with E-state index in [-0.39, 0.29) is 26.4 Å². The molecular formula is C14H12Cl4F4N4S. The molecule has 2 aromatic rings. The number of nitrogens with one attached hydrogen (secondary N) is 1. The number of alkyl halides is 6. The molecule has 27 heavy (non-hydrogen) atoms. The summed E-state index contributed by atoms with van der Waals surface area (Å²) >= 11 is 22.7. The second kappa shape index (κ2) is 9.67. The van der Waals surface area contributed by atoms with E-state index >= 15 is 0 Å². The minimum Gasteiger partial charge on any atom is -0.323 e. The minimum atomic E-state index is -4.62. The van der Waals surface area contributed by atoms with Crippen LogP contribution in [0.5, 0.6) is 0 Å². The van der Waals surface area contributed by atoms with Gasteiger partial charge < -0.3 is 5.32 Å². The summed E-state index contributed by atoms with van der Waals surface area (Å²) in [5.41, 5.74) is -1.10. The first-order chi connectivity index (χ1) is 12.4. The number of halogens is 8. The molecule has 1 aromatic carbocycles. The Hall–Kier alpha value is -0.710. The molecule has 0 radical (unpaired) electrons. The summed E-state index contributed by atoms with van der Waals surface area (Å²) in [4.78, 5) is 3.74. The Morgan fingerprint density at radius 3 is 2.00 bits per heavy atom. The molecule has 13 heteroatoms. The van der Waals surface area contributed by atoms with Crippen molar-refractivity contribution in [2.24, 2.45) is 4.99 Å². The lowest BCUT2D eigenvalue weighted by molar-refractivity contribution is -0.137. The molecule has 0 saturated carbocycles. The van der Waals surface area contributed by atoms with Crippen LogP contribution in [0.4, 0.5) is 23.4 Å². The van der Waals surface area contributed by atoms with Gasteiger partial charge in [-0.15, -0.1) is 0 Å². The van der Waals surface area contributed by atoms with Crippen molar-refractivity contribution in [1.82, 2.24) is 15.1 Å². The topological polar surface area (TPSA) is 42.2 Å². The highest BCUT2D eigenvalue weighted by molar-refractivity contribution is 8.03. The zero-order valence-corrected chi connectivity index (χ0v) is 17.6. The second-order valence-electron chi connectivity index (χ2n) is 4.74. The Bertz CT molecular complexity index is 782. The molecule has 0 aliphatic heterocycles. The first-order valence-corrected chi connectivity index (χ1v) is 9.14. The second-order valence-corrected chi connectivity index (χ2v) is 8.44. The molecule has 0 unspecified atom stereocenters. The predicted molar refractivity (Wildman–Crippen MR) is 104 cm³/mol. The van der Waals surface area contributed by atoms with Gasteiger partial charge in [-0.1, -0.05) is 46.4 Å². The fraction of sp³-hybridized carbons (Fsp3) is 0.286. The van der Waals surface area contributed by atoms with Crippen LogP contribution in [0.3, 0.4) is 0 Å². The SMILES string of the molecule is C=Nc1c(SC(F)(Cl)Cl)cnn1-c1c(Cl)cc(C(F)(F)F)cc1Cl.CNC. The monoisotopic (exact) mass is 484 g/mol. The normalized spacial score (nSPS) is 11.8. The summed E-state index contributed by atoms with van der Waals surface area (Å²) in [7, 11) is 3.75. The molecule has 0 aliphatic carbocycles. The third-order valence-corrected chi connectivity index (χ3v) is 4.42. The zero-order chi connectivity index (χ0) is 21.0. The number of benzene rings is 1. The average Bonchev–Trinajstić information content (AvgIpc) is 2.86. The highest BCUT2D eigenvalue weighted by Crippen LogP contribution is 2.46. The Labute approximate surface area is 176 Å². The van der Waals surface area contributed by atoms with Gasteiger partial charge in [0.2, 0.25) is 0 Å². The molecule has 0 amide bonds. The van der Waals surface area contributed by atoms with Crippen LogP contribution < -0.4 is 5.32 Å². The van der Waals surface area contributed by atoms with Crippen molar-refractivity contribution < 1.29 is 17.6 Å². The van der Waals surface area contributed by atoms with Crippen molar-refractivity contribution >= 4 is 70.7 Å². The lowest BCUT2D eigenvalue weighted by atomic mass is 10.2. The van der Waals surface area contributed by atoms with Crippen molar-refractivity contribution in [2.75, 3.05) is 14.1 Å². The van der Waals surface area contributed by atoms with Gasteiger partial charge in [0, 0.05) is 0 Å². The molecule has 0 aliphatic rings. The Kier molecular flexibility index (Phi) is 8.71. The van der Waals surface area contributed by atoms with E-state index in [9.17, 15) is 17.6 Å². The van der Waals surface area contributed by atoms with Crippen molar-refractivity contribution in [3.63, 3.8) is 0 Å². The molecular weight excluding hydrogens is 474 g/mol. The standard InChI is InChI=1S/C12H5Cl4F4N3S.C2H7N/c1-21-10-8(24-12(15,16)20)4-22-23(10)9-6(13)2-5(3-7(9)14)11(17,18)19;1-3-2/h2-4H,1H2;3H,1-2H3. The number of aliphatic imine (C=N–C) groups is 1. The number of hydrogen-bond acceptors (Lipinski definition) is 4. The highest BCUT2D eigenvalue weighted by atomic mass is 35.5. The maximum atomic E-state index is 13.4. The van der Waals surface area contributed by atoms with Crippen molar-refractivity contribution in [3.8, 4) is 5.69 Å². The number of hydrogen-bond donors (Lipinski definition) is 1. The number of rotatable bonds is 4. The van der Waals surface area contributed by atoms with Gasteiger partial charge in [-0.25, -0.2) is 9.67 Å². The fourth-order valence-corrected chi connectivity index (χ4v) is 3.50. The van der Waals surface area contributed by atoms with Crippen LogP contribution in [0, 0.1) is 0 Å². The number of aromatic nitrogens is 2. The number of nitrogens with zero attached hydrogens (tertiary/aromatic N) is 3. The van der Waals surface area contributed by atoms with Gasteiger partial charge >= 0.3 is 10.1 Å². The van der Waals surface area contributed by atoms with E-state index < -0.39 is 15.7 Å². The van der Waals surface area contributed by atoms with Crippen LogP contribution in [0.1, 0.15) is 5.56 Å². The average molecular weight is 486 g/mol. The minimum absolute atomic E-state index is 0.0353. The number of thioether (sulfide) groups is 1. The summed E-state index contributed by atoms with van der Waals surface area (Å²) in [6.45, 7) is 3.30. The van der Waals surface area contributed by atoms with Crippen LogP contribution in [0.2, 0.25) is 10.0 Å². The van der Waals surface area contributed by atoms with Crippen LogP contribution in [-0.4, -0.2) is 34.5 Å². The first-order valence-electron chi connectivity index (χ1n) is 6.81. The van der Waals surface area contributed by atoms with E-state index in [4.69, 9.17) is 46.4 Å². The van der Waals surface area contributed by atoms with Gasteiger partial charge in [-0.2, -0.15) is 22.7 Å². The molecule has 1 N–H and O–H groups in total. The predicted octanol–water partition coefficient (Wildman–Crippen LogP) is 6.52. The first kappa shape index (κ1) is 24.3. The van der Waals surface area contributed by atoms with Crippen LogP contribution in [0.15, 0.2) is 28.2 Å². The van der Waals surface area contributed by atoms with E-state index in [0.717, 1.165) is 10.9 Å². The molecule has 1 aromatic heterocycles. The van der Waals surface area contributed by atoms with Crippen LogP contribution in [-0.2, 0) is 6.18 Å². The van der Waals surface area contributed by atoms with Gasteiger partial charge in [0.05, 0.1) is 26.7 Å².